The second-order valence-corrected chi connectivity index (χ2v) is 5.30. The quantitative estimate of drug-likeness (QED) is 0.558. The second-order valence-electron chi connectivity index (χ2n) is 5.30. The van der Waals surface area contributed by atoms with Crippen LogP contribution in [0.5, 0.6) is 5.75 Å². The Kier molecular flexibility index (Phi) is 3.78. The fraction of sp³-hybridized carbons (Fsp3) is 0. The summed E-state index contributed by atoms with van der Waals surface area (Å²) in [5.41, 5.74) is 3.61. The fourth-order valence-electron chi connectivity index (χ4n) is 2.55. The molecule has 0 aliphatic heterocycles. The Morgan fingerprint density at radius 1 is 0.625 bits per heavy atom. The highest BCUT2D eigenvalue weighted by Crippen LogP contribution is 2.30. The number of para-hydroxylation sites is 1. The summed E-state index contributed by atoms with van der Waals surface area (Å²) in [5, 5.41) is 8.56. The van der Waals surface area contributed by atoms with Crippen LogP contribution in [0.25, 0.3) is 22.5 Å². The molecule has 116 valence electrons. The van der Waals surface area contributed by atoms with Gasteiger partial charge in [0, 0.05) is 11.1 Å². The van der Waals surface area contributed by atoms with Crippen LogP contribution in [0.1, 0.15) is 0 Å². The second kappa shape index (κ2) is 6.38. The summed E-state index contributed by atoms with van der Waals surface area (Å²) < 4.78 is 0. The zero-order chi connectivity index (χ0) is 16.2. The van der Waals surface area contributed by atoms with Crippen molar-refractivity contribution in [1.82, 2.24) is 15.2 Å². The summed E-state index contributed by atoms with van der Waals surface area (Å²) in [6.45, 7) is 0. The standard InChI is InChI=1S/C20H15N3O/c1-4-10-16(11-5-1)19-20(17-12-6-2-7-13-17)23(22-21-19)24-18-14-8-3-9-15-18/h1-15H. The van der Waals surface area contributed by atoms with Crippen molar-refractivity contribution >= 4 is 0 Å². The molecular weight excluding hydrogens is 298 g/mol. The van der Waals surface area contributed by atoms with Gasteiger partial charge in [0.1, 0.15) is 11.4 Å². The van der Waals surface area contributed by atoms with Crippen LogP contribution in [-0.4, -0.2) is 15.2 Å². The van der Waals surface area contributed by atoms with E-state index in [-0.39, 0.29) is 0 Å². The van der Waals surface area contributed by atoms with Crippen molar-refractivity contribution in [2.45, 2.75) is 0 Å². The molecule has 0 amide bonds. The van der Waals surface area contributed by atoms with E-state index in [0.29, 0.717) is 5.75 Å². The maximum absolute atomic E-state index is 5.91. The van der Waals surface area contributed by atoms with Gasteiger partial charge in [0.15, 0.2) is 5.75 Å². The lowest BCUT2D eigenvalue weighted by Crippen LogP contribution is -2.09. The minimum atomic E-state index is 0.708. The molecule has 4 aromatic rings. The molecule has 0 radical (unpaired) electrons. The third kappa shape index (κ3) is 2.77. The van der Waals surface area contributed by atoms with Gasteiger partial charge < -0.3 is 4.84 Å². The fourth-order valence-corrected chi connectivity index (χ4v) is 2.55. The van der Waals surface area contributed by atoms with Crippen molar-refractivity contribution in [2.75, 3.05) is 0 Å². The smallest absolute Gasteiger partial charge is 0.158 e. The van der Waals surface area contributed by atoms with Gasteiger partial charge in [-0.15, -0.1) is 5.10 Å². The third-order valence-electron chi connectivity index (χ3n) is 3.67. The van der Waals surface area contributed by atoms with E-state index in [2.05, 4.69) is 10.3 Å². The third-order valence-corrected chi connectivity index (χ3v) is 3.67. The van der Waals surface area contributed by atoms with Crippen LogP contribution in [0.3, 0.4) is 0 Å². The lowest BCUT2D eigenvalue weighted by molar-refractivity contribution is 0.177. The van der Waals surface area contributed by atoms with Crippen molar-refractivity contribution in [1.29, 1.82) is 0 Å². The van der Waals surface area contributed by atoms with Gasteiger partial charge in [-0.2, -0.15) is 0 Å². The van der Waals surface area contributed by atoms with Crippen LogP contribution in [0, 0.1) is 0 Å². The molecule has 0 fully saturated rings. The largest absolute Gasteiger partial charge is 0.356 e. The maximum Gasteiger partial charge on any atom is 0.158 e. The molecular formula is C20H15N3O. The van der Waals surface area contributed by atoms with E-state index in [4.69, 9.17) is 4.84 Å². The Balaban J connectivity index is 1.84. The molecule has 0 spiro atoms. The van der Waals surface area contributed by atoms with Crippen LogP contribution in [0.4, 0.5) is 0 Å². The number of benzene rings is 3. The summed E-state index contributed by atoms with van der Waals surface area (Å²) in [7, 11) is 0. The van der Waals surface area contributed by atoms with Gasteiger partial charge in [0.25, 0.3) is 0 Å². The molecule has 0 aliphatic carbocycles. The molecule has 4 nitrogen and oxygen atoms in total. The van der Waals surface area contributed by atoms with Crippen LogP contribution < -0.4 is 4.84 Å². The maximum atomic E-state index is 5.91. The Morgan fingerprint density at radius 2 is 1.17 bits per heavy atom. The SMILES string of the molecule is c1ccc(On2nnc(-c3ccccc3)c2-c2ccccc2)cc1. The first-order valence-electron chi connectivity index (χ1n) is 7.72. The van der Waals surface area contributed by atoms with Gasteiger partial charge >= 0.3 is 0 Å². The number of hydrogen-bond acceptors (Lipinski definition) is 3. The molecule has 0 saturated carbocycles. The van der Waals surface area contributed by atoms with Gasteiger partial charge in [-0.1, -0.05) is 83.7 Å². The highest BCUT2D eigenvalue weighted by atomic mass is 16.7. The number of aromatic nitrogens is 3. The zero-order valence-electron chi connectivity index (χ0n) is 12.9. The van der Waals surface area contributed by atoms with Gasteiger partial charge in [-0.05, 0) is 17.3 Å². The van der Waals surface area contributed by atoms with Gasteiger partial charge in [-0.25, -0.2) is 0 Å². The highest BCUT2D eigenvalue weighted by molar-refractivity contribution is 5.77. The average molecular weight is 313 g/mol. The summed E-state index contributed by atoms with van der Waals surface area (Å²) in [6, 6.07) is 29.6. The first kappa shape index (κ1) is 14.2. The van der Waals surface area contributed by atoms with Gasteiger partial charge in [-0.3, -0.25) is 0 Å². The molecule has 0 saturated heterocycles. The highest BCUT2D eigenvalue weighted by Gasteiger charge is 2.18. The summed E-state index contributed by atoms with van der Waals surface area (Å²) >= 11 is 0. The van der Waals surface area contributed by atoms with Crippen LogP contribution in [-0.2, 0) is 0 Å². The molecule has 0 atom stereocenters. The minimum absolute atomic E-state index is 0.708. The Hall–Kier alpha value is -3.40. The van der Waals surface area contributed by atoms with Crippen LogP contribution >= 0.6 is 0 Å². The number of rotatable bonds is 4. The predicted octanol–water partition coefficient (Wildman–Crippen LogP) is 4.45. The molecule has 1 heterocycles. The van der Waals surface area contributed by atoms with E-state index in [1.165, 1.54) is 4.85 Å². The van der Waals surface area contributed by atoms with E-state index >= 15 is 0 Å². The molecule has 4 heteroatoms. The van der Waals surface area contributed by atoms with Crippen molar-refractivity contribution in [3.8, 4) is 28.3 Å². The Morgan fingerprint density at radius 3 is 1.79 bits per heavy atom. The molecule has 0 aliphatic rings. The van der Waals surface area contributed by atoms with E-state index in [1.54, 1.807) is 0 Å². The first-order chi connectivity index (χ1) is 11.9. The van der Waals surface area contributed by atoms with Gasteiger partial charge in [0.05, 0.1) is 0 Å². The van der Waals surface area contributed by atoms with Crippen LogP contribution in [0.15, 0.2) is 91.0 Å². The number of hydrogen-bond donors (Lipinski definition) is 0. The Bertz CT molecular complexity index is 919. The molecule has 4 rings (SSSR count). The minimum Gasteiger partial charge on any atom is -0.356 e. The topological polar surface area (TPSA) is 39.9 Å². The normalized spacial score (nSPS) is 10.5. The summed E-state index contributed by atoms with van der Waals surface area (Å²) in [5.74, 6) is 0.708. The summed E-state index contributed by atoms with van der Waals surface area (Å²) in [6.07, 6.45) is 0. The predicted molar refractivity (Wildman–Crippen MR) is 93.4 cm³/mol. The van der Waals surface area contributed by atoms with E-state index in [1.807, 2.05) is 91.0 Å². The lowest BCUT2D eigenvalue weighted by Gasteiger charge is -2.09. The van der Waals surface area contributed by atoms with E-state index in [9.17, 15) is 0 Å². The molecule has 0 N–H and O–H groups in total. The van der Waals surface area contributed by atoms with Crippen molar-refractivity contribution < 1.29 is 4.84 Å². The van der Waals surface area contributed by atoms with E-state index in [0.717, 1.165) is 22.5 Å². The van der Waals surface area contributed by atoms with Crippen molar-refractivity contribution in [2.24, 2.45) is 0 Å². The zero-order valence-corrected chi connectivity index (χ0v) is 12.9. The van der Waals surface area contributed by atoms with Crippen molar-refractivity contribution in [3.05, 3.63) is 91.0 Å². The monoisotopic (exact) mass is 313 g/mol. The molecule has 1 aromatic heterocycles. The van der Waals surface area contributed by atoms with E-state index < -0.39 is 0 Å². The van der Waals surface area contributed by atoms with Gasteiger partial charge in [0.2, 0.25) is 0 Å². The average Bonchev–Trinajstić information content (AvgIpc) is 3.07. The van der Waals surface area contributed by atoms with Crippen LogP contribution in [0.2, 0.25) is 0 Å². The first-order valence-corrected chi connectivity index (χ1v) is 7.72. The number of nitrogens with zero attached hydrogens (tertiary/aromatic N) is 3. The molecule has 24 heavy (non-hydrogen) atoms. The van der Waals surface area contributed by atoms with Crippen molar-refractivity contribution in [3.63, 3.8) is 0 Å². The molecule has 0 bridgehead atoms. The Labute approximate surface area is 139 Å². The molecule has 0 unspecified atom stereocenters. The lowest BCUT2D eigenvalue weighted by atomic mass is 10.1. The summed E-state index contributed by atoms with van der Waals surface area (Å²) in [4.78, 5) is 7.39. The molecule has 3 aromatic carbocycles.